The van der Waals surface area contributed by atoms with Crippen molar-refractivity contribution in [3.05, 3.63) is 30.1 Å². The topological polar surface area (TPSA) is 54.0 Å². The molecule has 0 aromatic carbocycles. The predicted octanol–water partition coefficient (Wildman–Crippen LogP) is 1.67. The first kappa shape index (κ1) is 14.9. The number of hydrogen-bond donors (Lipinski definition) is 2. The monoisotopic (exact) mass is 243 g/mol. The maximum atomic E-state index is 11.2. The predicted molar refractivity (Wildman–Crippen MR) is 65.9 cm³/mol. The van der Waals surface area contributed by atoms with Crippen LogP contribution in [0.1, 0.15) is 26.0 Å². The van der Waals surface area contributed by atoms with Gasteiger partial charge in [-0.1, -0.05) is 19.9 Å². The van der Waals surface area contributed by atoms with Crippen LogP contribution < -0.4 is 10.9 Å². The molecule has 2 N–H and O–H groups in total. The van der Waals surface area contributed by atoms with Crippen molar-refractivity contribution in [1.29, 1.82) is 0 Å². The standard InChI is InChI=1S/C11H17N3O.ClH/c1-9(2)7-11(15)14-13-8-10-5-3-4-6-12-10;/h3-6,9,13H,7-8H2,1-2H3,(H,14,15);1H. The van der Waals surface area contributed by atoms with Gasteiger partial charge in [-0.15, -0.1) is 12.4 Å². The Bertz CT molecular complexity index is 303. The van der Waals surface area contributed by atoms with Crippen LogP contribution in [-0.2, 0) is 11.3 Å². The summed E-state index contributed by atoms with van der Waals surface area (Å²) < 4.78 is 0. The first-order valence-electron chi connectivity index (χ1n) is 5.10. The van der Waals surface area contributed by atoms with E-state index in [0.717, 1.165) is 5.69 Å². The summed E-state index contributed by atoms with van der Waals surface area (Å²) in [5.41, 5.74) is 6.38. The van der Waals surface area contributed by atoms with Gasteiger partial charge in [0.2, 0.25) is 5.91 Å². The van der Waals surface area contributed by atoms with Gasteiger partial charge in [0, 0.05) is 12.6 Å². The van der Waals surface area contributed by atoms with E-state index in [-0.39, 0.29) is 18.3 Å². The molecule has 1 aromatic heterocycles. The third kappa shape index (κ3) is 6.37. The smallest absolute Gasteiger partial charge is 0.234 e. The molecular formula is C11H18ClN3O. The van der Waals surface area contributed by atoms with Crippen molar-refractivity contribution in [2.45, 2.75) is 26.8 Å². The maximum Gasteiger partial charge on any atom is 0.234 e. The molecule has 1 amide bonds. The SMILES string of the molecule is CC(C)CC(=O)NNCc1ccccn1.Cl. The van der Waals surface area contributed by atoms with Gasteiger partial charge in [-0.05, 0) is 18.1 Å². The Kier molecular flexibility index (Phi) is 7.50. The lowest BCUT2D eigenvalue weighted by Crippen LogP contribution is -2.37. The van der Waals surface area contributed by atoms with E-state index in [1.165, 1.54) is 0 Å². The van der Waals surface area contributed by atoms with Gasteiger partial charge < -0.3 is 0 Å². The van der Waals surface area contributed by atoms with E-state index in [1.54, 1.807) is 6.20 Å². The van der Waals surface area contributed by atoms with Gasteiger partial charge in [0.1, 0.15) is 0 Å². The van der Waals surface area contributed by atoms with E-state index in [1.807, 2.05) is 32.0 Å². The van der Waals surface area contributed by atoms with Crippen molar-refractivity contribution in [2.75, 3.05) is 0 Å². The molecule has 0 bridgehead atoms. The largest absolute Gasteiger partial charge is 0.291 e. The minimum atomic E-state index is 0. The highest BCUT2D eigenvalue weighted by Crippen LogP contribution is 1.97. The Morgan fingerprint density at radius 3 is 2.75 bits per heavy atom. The third-order valence-corrected chi connectivity index (χ3v) is 1.82. The molecule has 0 atom stereocenters. The molecule has 1 heterocycles. The zero-order chi connectivity index (χ0) is 11.1. The first-order chi connectivity index (χ1) is 7.18. The van der Waals surface area contributed by atoms with Gasteiger partial charge >= 0.3 is 0 Å². The van der Waals surface area contributed by atoms with Crippen LogP contribution in [0.3, 0.4) is 0 Å². The average molecular weight is 244 g/mol. The number of hydrazine groups is 1. The number of halogens is 1. The van der Waals surface area contributed by atoms with E-state index in [0.29, 0.717) is 18.9 Å². The molecule has 0 fully saturated rings. The number of rotatable bonds is 5. The van der Waals surface area contributed by atoms with Gasteiger partial charge in [0.15, 0.2) is 0 Å². The number of aromatic nitrogens is 1. The Labute approximate surface area is 102 Å². The van der Waals surface area contributed by atoms with E-state index in [9.17, 15) is 4.79 Å². The highest BCUT2D eigenvalue weighted by molar-refractivity contribution is 5.85. The highest BCUT2D eigenvalue weighted by atomic mass is 35.5. The summed E-state index contributed by atoms with van der Waals surface area (Å²) in [6.07, 6.45) is 2.27. The molecule has 0 unspecified atom stereocenters. The van der Waals surface area contributed by atoms with Crippen LogP contribution in [0, 0.1) is 5.92 Å². The molecule has 4 nitrogen and oxygen atoms in total. The molecule has 0 spiro atoms. The van der Waals surface area contributed by atoms with Crippen LogP contribution in [0.5, 0.6) is 0 Å². The van der Waals surface area contributed by atoms with E-state index < -0.39 is 0 Å². The number of carbonyl (C=O) groups is 1. The van der Waals surface area contributed by atoms with E-state index >= 15 is 0 Å². The van der Waals surface area contributed by atoms with Crippen LogP contribution in [-0.4, -0.2) is 10.9 Å². The number of pyridine rings is 1. The highest BCUT2D eigenvalue weighted by Gasteiger charge is 2.03. The summed E-state index contributed by atoms with van der Waals surface area (Å²) in [5, 5.41) is 0. The summed E-state index contributed by atoms with van der Waals surface area (Å²) >= 11 is 0. The van der Waals surface area contributed by atoms with Crippen LogP contribution in [0.2, 0.25) is 0 Å². The molecule has 5 heteroatoms. The molecule has 0 saturated carbocycles. The zero-order valence-electron chi connectivity index (χ0n) is 9.56. The van der Waals surface area contributed by atoms with Crippen LogP contribution in [0.4, 0.5) is 0 Å². The van der Waals surface area contributed by atoms with E-state index in [4.69, 9.17) is 0 Å². The molecule has 16 heavy (non-hydrogen) atoms. The van der Waals surface area contributed by atoms with Crippen molar-refractivity contribution < 1.29 is 4.79 Å². The fourth-order valence-corrected chi connectivity index (χ4v) is 1.16. The molecule has 0 aliphatic carbocycles. The normalized spacial score (nSPS) is 9.69. The Hall–Kier alpha value is -1.13. The molecule has 90 valence electrons. The summed E-state index contributed by atoms with van der Waals surface area (Å²) in [7, 11) is 0. The second-order valence-electron chi connectivity index (χ2n) is 3.82. The Morgan fingerprint density at radius 2 is 2.19 bits per heavy atom. The van der Waals surface area contributed by atoms with Crippen molar-refractivity contribution in [1.82, 2.24) is 15.8 Å². The number of hydrogen-bond acceptors (Lipinski definition) is 3. The lowest BCUT2D eigenvalue weighted by molar-refractivity contribution is -0.122. The van der Waals surface area contributed by atoms with Crippen molar-refractivity contribution in [3.63, 3.8) is 0 Å². The number of amides is 1. The lowest BCUT2D eigenvalue weighted by Gasteiger charge is -2.07. The maximum absolute atomic E-state index is 11.2. The Morgan fingerprint density at radius 1 is 1.44 bits per heavy atom. The second kappa shape index (κ2) is 8.07. The quantitative estimate of drug-likeness (QED) is 0.774. The van der Waals surface area contributed by atoms with Crippen molar-refractivity contribution in [3.8, 4) is 0 Å². The molecule has 0 aliphatic heterocycles. The Balaban J connectivity index is 0.00000225. The molecule has 1 aromatic rings. The summed E-state index contributed by atoms with van der Waals surface area (Å²) in [6.45, 7) is 4.57. The van der Waals surface area contributed by atoms with E-state index in [2.05, 4.69) is 15.8 Å². The second-order valence-corrected chi connectivity index (χ2v) is 3.82. The number of nitrogens with one attached hydrogen (secondary N) is 2. The summed E-state index contributed by atoms with van der Waals surface area (Å²) in [4.78, 5) is 15.4. The van der Waals surface area contributed by atoms with Crippen LogP contribution >= 0.6 is 12.4 Å². The van der Waals surface area contributed by atoms with Gasteiger partial charge in [-0.3, -0.25) is 15.2 Å². The average Bonchev–Trinajstić information content (AvgIpc) is 2.18. The summed E-state index contributed by atoms with van der Waals surface area (Å²) in [6, 6.07) is 5.68. The van der Waals surface area contributed by atoms with Crippen molar-refractivity contribution in [2.24, 2.45) is 5.92 Å². The minimum absolute atomic E-state index is 0. The molecule has 0 radical (unpaired) electrons. The summed E-state index contributed by atoms with van der Waals surface area (Å²) in [5.74, 6) is 0.391. The lowest BCUT2D eigenvalue weighted by atomic mass is 10.1. The molecule has 1 rings (SSSR count). The van der Waals surface area contributed by atoms with Crippen LogP contribution in [0.15, 0.2) is 24.4 Å². The van der Waals surface area contributed by atoms with Crippen molar-refractivity contribution >= 4 is 18.3 Å². The molecular weight excluding hydrogens is 226 g/mol. The molecule has 0 saturated heterocycles. The third-order valence-electron chi connectivity index (χ3n) is 1.82. The number of nitrogens with zero attached hydrogens (tertiary/aromatic N) is 1. The molecule has 0 aliphatic rings. The first-order valence-corrected chi connectivity index (χ1v) is 5.10. The van der Waals surface area contributed by atoms with Gasteiger partial charge in [0.25, 0.3) is 0 Å². The fraction of sp³-hybridized carbons (Fsp3) is 0.455. The number of carbonyl (C=O) groups excluding carboxylic acids is 1. The van der Waals surface area contributed by atoms with Gasteiger partial charge in [-0.2, -0.15) is 0 Å². The van der Waals surface area contributed by atoms with Gasteiger partial charge in [0.05, 0.1) is 12.2 Å². The van der Waals surface area contributed by atoms with Gasteiger partial charge in [-0.25, -0.2) is 5.43 Å². The van der Waals surface area contributed by atoms with Crippen LogP contribution in [0.25, 0.3) is 0 Å². The zero-order valence-corrected chi connectivity index (χ0v) is 10.4. The fourth-order valence-electron chi connectivity index (χ4n) is 1.16. The minimum Gasteiger partial charge on any atom is -0.291 e.